The Kier molecular flexibility index (Phi) is 4.58. The zero-order valence-corrected chi connectivity index (χ0v) is 12.3. The number of amides is 2. The van der Waals surface area contributed by atoms with E-state index in [2.05, 4.69) is 0 Å². The normalized spacial score (nSPS) is 16.6. The number of hydrogen-bond donors (Lipinski definition) is 0. The van der Waals surface area contributed by atoms with Crippen LogP contribution in [0.4, 0.5) is 0 Å². The molecule has 2 amide bonds. The fraction of sp³-hybridized carbons (Fsp3) is 0.571. The molecule has 5 heteroatoms. The second-order valence-corrected chi connectivity index (χ2v) is 6.05. The van der Waals surface area contributed by atoms with Gasteiger partial charge in [-0.15, -0.1) is 11.3 Å². The molecule has 0 saturated carbocycles. The van der Waals surface area contributed by atoms with Crippen LogP contribution in [-0.4, -0.2) is 47.8 Å². The van der Waals surface area contributed by atoms with Crippen molar-refractivity contribution in [3.63, 3.8) is 0 Å². The van der Waals surface area contributed by atoms with Crippen LogP contribution < -0.4 is 0 Å². The lowest BCUT2D eigenvalue weighted by Crippen LogP contribution is -2.38. The molecule has 19 heavy (non-hydrogen) atoms. The van der Waals surface area contributed by atoms with Gasteiger partial charge in [-0.3, -0.25) is 9.59 Å². The van der Waals surface area contributed by atoms with Crippen LogP contribution in [0.25, 0.3) is 0 Å². The van der Waals surface area contributed by atoms with Gasteiger partial charge in [0.2, 0.25) is 5.91 Å². The summed E-state index contributed by atoms with van der Waals surface area (Å²) in [5, 5.41) is 1.92. The van der Waals surface area contributed by atoms with Crippen LogP contribution in [0.15, 0.2) is 17.5 Å². The zero-order chi connectivity index (χ0) is 13.8. The summed E-state index contributed by atoms with van der Waals surface area (Å²) in [7, 11) is 0. The fourth-order valence-electron chi connectivity index (χ4n) is 2.26. The van der Waals surface area contributed by atoms with Crippen LogP contribution in [0.1, 0.15) is 29.9 Å². The average molecular weight is 280 g/mol. The lowest BCUT2D eigenvalue weighted by Gasteiger charge is -2.23. The fourth-order valence-corrected chi connectivity index (χ4v) is 2.95. The van der Waals surface area contributed by atoms with Gasteiger partial charge < -0.3 is 9.80 Å². The highest BCUT2D eigenvalue weighted by Gasteiger charge is 2.24. The standard InChI is InChI=1S/C14H20N2O2S/c1-11(2)13(17)15-6-4-7-16(9-8-15)14(18)12-5-3-10-19-12/h3,5,10-11H,4,6-9H2,1-2H3. The Morgan fingerprint density at radius 2 is 1.84 bits per heavy atom. The molecule has 1 saturated heterocycles. The number of carbonyl (C=O) groups excluding carboxylic acids is 2. The second kappa shape index (κ2) is 6.19. The Bertz CT molecular complexity index is 442. The van der Waals surface area contributed by atoms with Gasteiger partial charge in [0.15, 0.2) is 0 Å². The average Bonchev–Trinajstić information content (AvgIpc) is 2.81. The van der Waals surface area contributed by atoms with Crippen molar-refractivity contribution in [2.24, 2.45) is 5.92 Å². The van der Waals surface area contributed by atoms with Gasteiger partial charge >= 0.3 is 0 Å². The molecule has 0 unspecified atom stereocenters. The summed E-state index contributed by atoms with van der Waals surface area (Å²) in [5.74, 6) is 0.304. The van der Waals surface area contributed by atoms with E-state index in [1.54, 1.807) is 0 Å². The van der Waals surface area contributed by atoms with Gasteiger partial charge in [-0.25, -0.2) is 0 Å². The van der Waals surface area contributed by atoms with Gasteiger partial charge in [0.05, 0.1) is 4.88 Å². The molecule has 0 aromatic carbocycles. The van der Waals surface area contributed by atoms with Gasteiger partial charge in [0.1, 0.15) is 0 Å². The Balaban J connectivity index is 1.97. The van der Waals surface area contributed by atoms with Gasteiger partial charge in [0, 0.05) is 32.1 Å². The topological polar surface area (TPSA) is 40.6 Å². The highest BCUT2D eigenvalue weighted by Crippen LogP contribution is 2.14. The summed E-state index contributed by atoms with van der Waals surface area (Å²) < 4.78 is 0. The minimum Gasteiger partial charge on any atom is -0.341 e. The largest absolute Gasteiger partial charge is 0.341 e. The maximum Gasteiger partial charge on any atom is 0.263 e. The van der Waals surface area contributed by atoms with E-state index in [1.807, 2.05) is 41.2 Å². The van der Waals surface area contributed by atoms with E-state index >= 15 is 0 Å². The van der Waals surface area contributed by atoms with Crippen molar-refractivity contribution in [3.8, 4) is 0 Å². The van der Waals surface area contributed by atoms with E-state index in [0.29, 0.717) is 13.1 Å². The van der Waals surface area contributed by atoms with Crippen LogP contribution >= 0.6 is 11.3 Å². The van der Waals surface area contributed by atoms with E-state index in [9.17, 15) is 9.59 Å². The van der Waals surface area contributed by atoms with E-state index < -0.39 is 0 Å². The van der Waals surface area contributed by atoms with Gasteiger partial charge in [-0.2, -0.15) is 0 Å². The van der Waals surface area contributed by atoms with E-state index in [-0.39, 0.29) is 17.7 Å². The molecule has 1 aliphatic rings. The molecule has 1 fully saturated rings. The number of carbonyl (C=O) groups is 2. The van der Waals surface area contributed by atoms with Crippen molar-refractivity contribution in [2.75, 3.05) is 26.2 Å². The zero-order valence-electron chi connectivity index (χ0n) is 11.5. The second-order valence-electron chi connectivity index (χ2n) is 5.10. The van der Waals surface area contributed by atoms with E-state index in [1.165, 1.54) is 11.3 Å². The monoisotopic (exact) mass is 280 g/mol. The van der Waals surface area contributed by atoms with Gasteiger partial charge in [-0.05, 0) is 17.9 Å². The van der Waals surface area contributed by atoms with Crippen LogP contribution in [0.2, 0.25) is 0 Å². The van der Waals surface area contributed by atoms with Crippen LogP contribution in [0.5, 0.6) is 0 Å². The lowest BCUT2D eigenvalue weighted by atomic mass is 10.2. The SMILES string of the molecule is CC(C)C(=O)N1CCCN(C(=O)c2cccs2)CC1. The van der Waals surface area contributed by atoms with Crippen LogP contribution in [0, 0.1) is 5.92 Å². The third-order valence-electron chi connectivity index (χ3n) is 3.32. The first-order chi connectivity index (χ1) is 9.09. The van der Waals surface area contributed by atoms with E-state index in [0.717, 1.165) is 24.4 Å². The summed E-state index contributed by atoms with van der Waals surface area (Å²) >= 11 is 1.47. The Hall–Kier alpha value is -1.36. The quantitative estimate of drug-likeness (QED) is 0.832. The Morgan fingerprint density at radius 3 is 2.47 bits per heavy atom. The maximum atomic E-state index is 12.3. The first-order valence-electron chi connectivity index (χ1n) is 6.71. The van der Waals surface area contributed by atoms with Gasteiger partial charge in [-0.1, -0.05) is 19.9 Å². The summed E-state index contributed by atoms with van der Waals surface area (Å²) in [6.45, 7) is 6.61. The molecule has 1 aliphatic heterocycles. The van der Waals surface area contributed by atoms with Crippen molar-refractivity contribution in [2.45, 2.75) is 20.3 Å². The molecule has 2 rings (SSSR count). The molecule has 2 heterocycles. The predicted molar refractivity (Wildman–Crippen MR) is 76.3 cm³/mol. The van der Waals surface area contributed by atoms with Crippen molar-refractivity contribution >= 4 is 23.2 Å². The number of thiophene rings is 1. The minimum atomic E-state index is 0.0274. The third-order valence-corrected chi connectivity index (χ3v) is 4.18. The molecule has 1 aromatic heterocycles. The first-order valence-corrected chi connectivity index (χ1v) is 7.59. The summed E-state index contributed by atoms with van der Waals surface area (Å²) in [6, 6.07) is 3.75. The minimum absolute atomic E-state index is 0.0274. The maximum absolute atomic E-state index is 12.3. The number of nitrogens with zero attached hydrogens (tertiary/aromatic N) is 2. The molecule has 0 bridgehead atoms. The molecule has 0 radical (unpaired) electrons. The molecule has 104 valence electrons. The number of hydrogen-bond acceptors (Lipinski definition) is 3. The summed E-state index contributed by atoms with van der Waals surface area (Å²) in [5.41, 5.74) is 0. The van der Waals surface area contributed by atoms with Crippen molar-refractivity contribution in [1.82, 2.24) is 9.80 Å². The molecular formula is C14H20N2O2S. The summed E-state index contributed by atoms with van der Waals surface area (Å²) in [4.78, 5) is 28.8. The predicted octanol–water partition coefficient (Wildman–Crippen LogP) is 2.08. The van der Waals surface area contributed by atoms with Crippen LogP contribution in [0.3, 0.4) is 0 Å². The highest BCUT2D eigenvalue weighted by atomic mass is 32.1. The molecule has 0 atom stereocenters. The van der Waals surface area contributed by atoms with Crippen molar-refractivity contribution in [1.29, 1.82) is 0 Å². The molecule has 0 N–H and O–H groups in total. The highest BCUT2D eigenvalue weighted by molar-refractivity contribution is 7.12. The molecule has 4 nitrogen and oxygen atoms in total. The van der Waals surface area contributed by atoms with Crippen molar-refractivity contribution < 1.29 is 9.59 Å². The summed E-state index contributed by atoms with van der Waals surface area (Å²) in [6.07, 6.45) is 0.857. The Morgan fingerprint density at radius 1 is 1.16 bits per heavy atom. The van der Waals surface area contributed by atoms with Crippen molar-refractivity contribution in [3.05, 3.63) is 22.4 Å². The van der Waals surface area contributed by atoms with E-state index in [4.69, 9.17) is 0 Å². The van der Waals surface area contributed by atoms with Gasteiger partial charge in [0.25, 0.3) is 5.91 Å². The van der Waals surface area contributed by atoms with Crippen LogP contribution in [-0.2, 0) is 4.79 Å². The molecule has 0 spiro atoms. The third kappa shape index (κ3) is 3.35. The smallest absolute Gasteiger partial charge is 0.263 e. The Labute approximate surface area is 118 Å². The first kappa shape index (κ1) is 14.1. The molecule has 0 aliphatic carbocycles. The number of rotatable bonds is 2. The lowest BCUT2D eigenvalue weighted by molar-refractivity contribution is -0.134. The molecular weight excluding hydrogens is 260 g/mol. The molecule has 1 aromatic rings.